The maximum Gasteiger partial charge on any atom is 0.337 e. The Bertz CT molecular complexity index is 519. The summed E-state index contributed by atoms with van der Waals surface area (Å²) < 4.78 is 1.66. The van der Waals surface area contributed by atoms with Gasteiger partial charge in [0.25, 0.3) is 0 Å². The summed E-state index contributed by atoms with van der Waals surface area (Å²) in [5.41, 5.74) is 1.35. The molecule has 0 spiro atoms. The quantitative estimate of drug-likeness (QED) is 0.783. The number of hydrogen-bond donors (Lipinski definition) is 1. The fraction of sp³-hybridized carbons (Fsp3) is 0.111. The fourth-order valence-electron chi connectivity index (χ4n) is 1.42. The highest BCUT2D eigenvalue weighted by Crippen LogP contribution is 2.22. The average molecular weight is 211 g/mol. The summed E-state index contributed by atoms with van der Waals surface area (Å²) in [7, 11) is 1.75. The lowest BCUT2D eigenvalue weighted by Crippen LogP contribution is -2.00. The van der Waals surface area contributed by atoms with Crippen molar-refractivity contribution in [3.8, 4) is 0 Å². The molecule has 2 rings (SSSR count). The number of aromatic carboxylic acids is 1. The van der Waals surface area contributed by atoms with E-state index < -0.39 is 5.97 Å². The molecule has 0 aliphatic heterocycles. The van der Waals surface area contributed by atoms with Crippen LogP contribution >= 0.6 is 11.6 Å². The minimum atomic E-state index is -0.999. The molecule has 1 heterocycles. The summed E-state index contributed by atoms with van der Waals surface area (Å²) in [6, 6.07) is 3.07. The third-order valence-corrected chi connectivity index (χ3v) is 2.23. The van der Waals surface area contributed by atoms with Gasteiger partial charge < -0.3 is 9.67 Å². The number of carbonyl (C=O) groups is 1. The second-order valence-corrected chi connectivity index (χ2v) is 3.42. The number of carboxylic acids is 1. The Morgan fingerprint density at radius 1 is 1.57 bits per heavy atom. The van der Waals surface area contributed by atoms with Gasteiger partial charge in [-0.05, 0) is 12.1 Å². The Morgan fingerprint density at radius 2 is 2.29 bits per heavy atom. The molecule has 0 saturated carbocycles. The predicted octanol–water partition coefficient (Wildman–Crippen LogP) is 1.92. The molecule has 2 aromatic rings. The first-order chi connectivity index (χ1) is 6.59. The molecule has 1 aromatic carbocycles. The molecule has 0 radical (unpaired) electrons. The monoisotopic (exact) mass is 210 g/mol. The number of aromatic nitrogens is 2. The first kappa shape index (κ1) is 9.02. The van der Waals surface area contributed by atoms with Gasteiger partial charge in [0.1, 0.15) is 0 Å². The van der Waals surface area contributed by atoms with Gasteiger partial charge in [0.05, 0.1) is 22.9 Å². The second-order valence-electron chi connectivity index (χ2n) is 2.98. The van der Waals surface area contributed by atoms with Gasteiger partial charge in [-0.15, -0.1) is 0 Å². The highest BCUT2D eigenvalue weighted by molar-refractivity contribution is 6.31. The van der Waals surface area contributed by atoms with Crippen LogP contribution in [0.25, 0.3) is 11.0 Å². The van der Waals surface area contributed by atoms with Crippen LogP contribution in [0.15, 0.2) is 18.5 Å². The van der Waals surface area contributed by atoms with Crippen molar-refractivity contribution in [3.05, 3.63) is 29.0 Å². The van der Waals surface area contributed by atoms with E-state index in [0.717, 1.165) is 0 Å². The summed E-state index contributed by atoms with van der Waals surface area (Å²) in [5, 5.41) is 9.33. The first-order valence-electron chi connectivity index (χ1n) is 3.93. The maximum absolute atomic E-state index is 10.9. The summed E-state index contributed by atoms with van der Waals surface area (Å²) in [6.45, 7) is 0. The number of benzene rings is 1. The van der Waals surface area contributed by atoms with Crippen LogP contribution in [0.4, 0.5) is 0 Å². The molecule has 5 heteroatoms. The molecule has 1 N–H and O–H groups in total. The van der Waals surface area contributed by atoms with Gasteiger partial charge in [-0.1, -0.05) is 11.6 Å². The summed E-state index contributed by atoms with van der Waals surface area (Å²) in [4.78, 5) is 15.0. The zero-order chi connectivity index (χ0) is 10.3. The molecular weight excluding hydrogens is 204 g/mol. The number of nitrogens with zero attached hydrogens (tertiary/aromatic N) is 2. The normalized spacial score (nSPS) is 10.7. The van der Waals surface area contributed by atoms with Crippen LogP contribution in [0.2, 0.25) is 5.02 Å². The zero-order valence-corrected chi connectivity index (χ0v) is 8.12. The van der Waals surface area contributed by atoms with E-state index in [1.54, 1.807) is 24.0 Å². The van der Waals surface area contributed by atoms with Gasteiger partial charge in [0, 0.05) is 12.1 Å². The van der Waals surface area contributed by atoms with Crippen LogP contribution < -0.4 is 0 Å². The van der Waals surface area contributed by atoms with Crippen LogP contribution in [-0.4, -0.2) is 20.6 Å². The van der Waals surface area contributed by atoms with E-state index in [-0.39, 0.29) is 5.56 Å². The first-order valence-corrected chi connectivity index (χ1v) is 4.31. The second kappa shape index (κ2) is 2.99. The van der Waals surface area contributed by atoms with Crippen LogP contribution in [-0.2, 0) is 7.05 Å². The number of imidazole rings is 1. The molecule has 0 aliphatic rings. The highest BCUT2D eigenvalue weighted by Gasteiger charge is 2.13. The Hall–Kier alpha value is -1.55. The van der Waals surface area contributed by atoms with Crippen molar-refractivity contribution in [2.45, 2.75) is 0 Å². The van der Waals surface area contributed by atoms with Gasteiger partial charge in [-0.3, -0.25) is 0 Å². The number of aryl methyl sites for hydroxylation is 1. The number of carboxylic acid groups (broad SMARTS) is 1. The number of halogens is 1. The highest BCUT2D eigenvalue weighted by atomic mass is 35.5. The molecule has 0 fully saturated rings. The van der Waals surface area contributed by atoms with Crippen molar-refractivity contribution < 1.29 is 9.90 Å². The van der Waals surface area contributed by atoms with Gasteiger partial charge in [0.15, 0.2) is 0 Å². The van der Waals surface area contributed by atoms with E-state index in [1.807, 2.05) is 0 Å². The Morgan fingerprint density at radius 3 is 2.93 bits per heavy atom. The van der Waals surface area contributed by atoms with Crippen LogP contribution in [0.3, 0.4) is 0 Å². The molecule has 1 aromatic heterocycles. The van der Waals surface area contributed by atoms with Crippen molar-refractivity contribution in [3.63, 3.8) is 0 Å². The third-order valence-electron chi connectivity index (χ3n) is 2.01. The average Bonchev–Trinajstić information content (AvgIpc) is 2.46. The Kier molecular flexibility index (Phi) is 1.93. The standard InChI is InChI=1S/C9H7ClN2O2/c1-12-4-11-7-3-5(10)2-6(8(7)12)9(13)14/h2-4H,1H3,(H,13,14). The zero-order valence-electron chi connectivity index (χ0n) is 7.36. The lowest BCUT2D eigenvalue weighted by atomic mass is 10.2. The van der Waals surface area contributed by atoms with E-state index in [0.29, 0.717) is 16.1 Å². The summed E-state index contributed by atoms with van der Waals surface area (Å²) in [6.07, 6.45) is 1.56. The number of rotatable bonds is 1. The third kappa shape index (κ3) is 1.24. The number of hydrogen-bond acceptors (Lipinski definition) is 2. The van der Waals surface area contributed by atoms with E-state index in [4.69, 9.17) is 16.7 Å². The topological polar surface area (TPSA) is 55.1 Å². The maximum atomic E-state index is 10.9. The van der Waals surface area contributed by atoms with Gasteiger partial charge in [-0.25, -0.2) is 9.78 Å². The van der Waals surface area contributed by atoms with Crippen molar-refractivity contribution in [2.24, 2.45) is 7.05 Å². The molecule has 0 bridgehead atoms. The van der Waals surface area contributed by atoms with Crippen molar-refractivity contribution in [1.82, 2.24) is 9.55 Å². The molecular formula is C9H7ClN2O2. The molecule has 0 amide bonds. The predicted molar refractivity (Wildman–Crippen MR) is 52.7 cm³/mol. The molecule has 0 saturated heterocycles. The fourth-order valence-corrected chi connectivity index (χ4v) is 1.64. The van der Waals surface area contributed by atoms with E-state index in [2.05, 4.69) is 4.98 Å². The van der Waals surface area contributed by atoms with Crippen molar-refractivity contribution >= 4 is 28.6 Å². The SMILES string of the molecule is Cn1cnc2cc(Cl)cc(C(=O)O)c21. The van der Waals surface area contributed by atoms with E-state index in [9.17, 15) is 4.79 Å². The number of fused-ring (bicyclic) bond motifs is 1. The van der Waals surface area contributed by atoms with Crippen molar-refractivity contribution in [1.29, 1.82) is 0 Å². The van der Waals surface area contributed by atoms with Crippen molar-refractivity contribution in [2.75, 3.05) is 0 Å². The summed E-state index contributed by atoms with van der Waals surface area (Å²) >= 11 is 5.76. The summed E-state index contributed by atoms with van der Waals surface area (Å²) in [5.74, 6) is -0.999. The molecule has 0 atom stereocenters. The molecule has 14 heavy (non-hydrogen) atoms. The van der Waals surface area contributed by atoms with Crippen LogP contribution in [0.5, 0.6) is 0 Å². The lowest BCUT2D eigenvalue weighted by molar-refractivity contribution is 0.0698. The van der Waals surface area contributed by atoms with Gasteiger partial charge >= 0.3 is 5.97 Å². The molecule has 0 aliphatic carbocycles. The molecule has 4 nitrogen and oxygen atoms in total. The molecule has 72 valence electrons. The minimum absolute atomic E-state index is 0.174. The lowest BCUT2D eigenvalue weighted by Gasteiger charge is -2.00. The van der Waals surface area contributed by atoms with Gasteiger partial charge in [-0.2, -0.15) is 0 Å². The Labute approximate surface area is 84.7 Å². The van der Waals surface area contributed by atoms with Crippen LogP contribution in [0, 0.1) is 0 Å². The Balaban J connectivity index is 2.90. The largest absolute Gasteiger partial charge is 0.478 e. The smallest absolute Gasteiger partial charge is 0.337 e. The van der Waals surface area contributed by atoms with Crippen LogP contribution in [0.1, 0.15) is 10.4 Å². The van der Waals surface area contributed by atoms with E-state index >= 15 is 0 Å². The molecule has 0 unspecified atom stereocenters. The van der Waals surface area contributed by atoms with E-state index in [1.165, 1.54) is 6.07 Å². The van der Waals surface area contributed by atoms with Gasteiger partial charge in [0.2, 0.25) is 0 Å². The minimum Gasteiger partial charge on any atom is -0.478 e.